The Bertz CT molecular complexity index is 1270. The summed E-state index contributed by atoms with van der Waals surface area (Å²) >= 11 is 3.53. The first-order chi connectivity index (χ1) is 15.0. The average Bonchev–Trinajstić information content (AvgIpc) is 3.05. The van der Waals surface area contributed by atoms with Crippen LogP contribution in [0.2, 0.25) is 0 Å². The third-order valence-electron chi connectivity index (χ3n) is 7.21. The molecule has 31 heavy (non-hydrogen) atoms. The predicted octanol–water partition coefficient (Wildman–Crippen LogP) is 4.51. The average molecular weight is 472 g/mol. The number of amides is 2. The maximum atomic E-state index is 13.9. The molecular weight excluding hydrogens is 454 g/mol. The number of carbonyl (C=O) groups excluding carboxylic acids is 3. The van der Waals surface area contributed by atoms with Crippen LogP contribution in [0, 0.1) is 18.8 Å². The molecule has 152 valence electrons. The molecule has 3 aromatic carbocycles. The summed E-state index contributed by atoms with van der Waals surface area (Å²) in [5.74, 6) is -2.14. The van der Waals surface area contributed by atoms with E-state index in [0.29, 0.717) is 10.2 Å². The van der Waals surface area contributed by atoms with Crippen LogP contribution in [0.25, 0.3) is 0 Å². The fourth-order valence-corrected chi connectivity index (χ4v) is 6.73. The van der Waals surface area contributed by atoms with Crippen molar-refractivity contribution in [2.24, 2.45) is 11.8 Å². The van der Waals surface area contributed by atoms with Crippen molar-refractivity contribution in [3.05, 3.63) is 99.0 Å². The fourth-order valence-electron chi connectivity index (χ4n) is 6.06. The van der Waals surface area contributed by atoms with Crippen molar-refractivity contribution in [2.45, 2.75) is 18.3 Å². The van der Waals surface area contributed by atoms with Gasteiger partial charge in [0, 0.05) is 10.4 Å². The summed E-state index contributed by atoms with van der Waals surface area (Å²) < 4.78 is 0.690. The largest absolute Gasteiger partial charge is 0.302 e. The topological polar surface area (TPSA) is 54.5 Å². The van der Waals surface area contributed by atoms with Crippen LogP contribution in [0.1, 0.15) is 33.7 Å². The summed E-state index contributed by atoms with van der Waals surface area (Å²) in [5.41, 5.74) is 4.04. The first kappa shape index (κ1) is 18.7. The van der Waals surface area contributed by atoms with Crippen molar-refractivity contribution in [1.82, 2.24) is 0 Å². The van der Waals surface area contributed by atoms with Crippen LogP contribution in [-0.2, 0) is 19.8 Å². The molecule has 1 aliphatic heterocycles. The summed E-state index contributed by atoms with van der Waals surface area (Å²) in [6.45, 7) is 1.96. The van der Waals surface area contributed by atoms with Gasteiger partial charge in [-0.1, -0.05) is 54.6 Å². The number of hydrogen-bond donors (Lipinski definition) is 0. The zero-order chi connectivity index (χ0) is 21.5. The Labute approximate surface area is 188 Å². The summed E-state index contributed by atoms with van der Waals surface area (Å²) in [7, 11) is 0. The summed E-state index contributed by atoms with van der Waals surface area (Å²) in [5, 5.41) is 0. The van der Waals surface area contributed by atoms with Gasteiger partial charge in [0.2, 0.25) is 11.8 Å². The van der Waals surface area contributed by atoms with Gasteiger partial charge in [-0.05, 0) is 62.8 Å². The van der Waals surface area contributed by atoms with Crippen molar-refractivity contribution in [1.29, 1.82) is 0 Å². The molecule has 3 aliphatic carbocycles. The lowest BCUT2D eigenvalue weighted by Crippen LogP contribution is -2.54. The van der Waals surface area contributed by atoms with Crippen LogP contribution >= 0.6 is 15.9 Å². The number of imide groups is 1. The van der Waals surface area contributed by atoms with E-state index in [4.69, 9.17) is 0 Å². The molecule has 2 unspecified atom stereocenters. The van der Waals surface area contributed by atoms with Crippen LogP contribution in [0.4, 0.5) is 5.69 Å². The van der Waals surface area contributed by atoms with E-state index in [1.165, 1.54) is 4.90 Å². The van der Waals surface area contributed by atoms with Crippen molar-refractivity contribution >= 4 is 39.7 Å². The Morgan fingerprint density at radius 1 is 0.903 bits per heavy atom. The Morgan fingerprint density at radius 3 is 2.10 bits per heavy atom. The van der Waals surface area contributed by atoms with Gasteiger partial charge in [0.1, 0.15) is 6.29 Å². The van der Waals surface area contributed by atoms with E-state index >= 15 is 0 Å². The smallest absolute Gasteiger partial charge is 0.239 e. The Hall–Kier alpha value is -3.05. The molecule has 0 aromatic heterocycles. The number of rotatable bonds is 2. The number of benzene rings is 3. The highest BCUT2D eigenvalue weighted by Gasteiger charge is 2.68. The number of carbonyl (C=O) groups is 3. The van der Waals surface area contributed by atoms with E-state index in [9.17, 15) is 14.4 Å². The van der Waals surface area contributed by atoms with Crippen LogP contribution in [-0.4, -0.2) is 18.1 Å². The highest BCUT2D eigenvalue weighted by molar-refractivity contribution is 9.10. The third-order valence-corrected chi connectivity index (χ3v) is 7.85. The van der Waals surface area contributed by atoms with Gasteiger partial charge in [-0.15, -0.1) is 0 Å². The molecule has 4 nitrogen and oxygen atoms in total. The first-order valence-electron chi connectivity index (χ1n) is 10.3. The van der Waals surface area contributed by atoms with E-state index in [1.54, 1.807) is 6.07 Å². The molecule has 2 amide bonds. The number of hydrogen-bond acceptors (Lipinski definition) is 3. The van der Waals surface area contributed by atoms with Gasteiger partial charge in [0.05, 0.1) is 22.9 Å². The second-order valence-electron chi connectivity index (χ2n) is 8.61. The van der Waals surface area contributed by atoms with E-state index in [-0.39, 0.29) is 17.7 Å². The van der Waals surface area contributed by atoms with Gasteiger partial charge in [-0.3, -0.25) is 9.59 Å². The van der Waals surface area contributed by atoms with Crippen LogP contribution < -0.4 is 4.90 Å². The molecule has 0 radical (unpaired) electrons. The molecule has 1 saturated heterocycles. The molecule has 0 spiro atoms. The molecule has 4 aliphatic rings. The van der Waals surface area contributed by atoms with E-state index in [0.717, 1.165) is 34.1 Å². The van der Waals surface area contributed by atoms with Crippen molar-refractivity contribution < 1.29 is 14.4 Å². The van der Waals surface area contributed by atoms with E-state index < -0.39 is 17.3 Å². The highest BCUT2D eigenvalue weighted by atomic mass is 79.9. The monoisotopic (exact) mass is 471 g/mol. The Balaban J connectivity index is 1.65. The second-order valence-corrected chi connectivity index (χ2v) is 9.46. The molecule has 3 aromatic rings. The van der Waals surface area contributed by atoms with Crippen LogP contribution in [0.15, 0.2) is 71.2 Å². The molecule has 7 rings (SSSR count). The molecule has 0 N–H and O–H groups in total. The minimum Gasteiger partial charge on any atom is -0.302 e. The standard InChI is InChI=1S/C26H18BrNO3/c1-14-10-11-20(19(27)12-14)28-24(30)22-21-15-6-2-4-8-17(15)26(13-29,23(22)25(28)31)18-9-5-3-7-16(18)21/h2-13,21-23H,1H3. The van der Waals surface area contributed by atoms with Gasteiger partial charge in [-0.25, -0.2) is 4.90 Å². The predicted molar refractivity (Wildman–Crippen MR) is 120 cm³/mol. The summed E-state index contributed by atoms with van der Waals surface area (Å²) in [6.07, 6.45) is 0.899. The molecule has 2 bridgehead atoms. The molecular formula is C26H18BrNO3. The Morgan fingerprint density at radius 2 is 1.52 bits per heavy atom. The van der Waals surface area contributed by atoms with Crippen LogP contribution in [0.5, 0.6) is 0 Å². The first-order valence-corrected chi connectivity index (χ1v) is 11.1. The van der Waals surface area contributed by atoms with Gasteiger partial charge >= 0.3 is 0 Å². The number of nitrogens with zero attached hydrogens (tertiary/aromatic N) is 1. The lowest BCUT2D eigenvalue weighted by atomic mass is 9.48. The van der Waals surface area contributed by atoms with E-state index in [1.807, 2.05) is 67.6 Å². The van der Waals surface area contributed by atoms with Gasteiger partial charge in [0.25, 0.3) is 0 Å². The minimum absolute atomic E-state index is 0.236. The number of halogens is 1. The lowest BCUT2D eigenvalue weighted by molar-refractivity contribution is -0.128. The Kier molecular flexibility index (Phi) is 3.76. The normalized spacial score (nSPS) is 27.7. The number of aldehydes is 1. The van der Waals surface area contributed by atoms with E-state index in [2.05, 4.69) is 15.9 Å². The molecule has 1 heterocycles. The summed E-state index contributed by atoms with van der Waals surface area (Å²) in [4.78, 5) is 41.9. The minimum atomic E-state index is -1.16. The van der Waals surface area contributed by atoms with Gasteiger partial charge in [0.15, 0.2) is 0 Å². The highest BCUT2D eigenvalue weighted by Crippen LogP contribution is 2.63. The lowest BCUT2D eigenvalue weighted by Gasteiger charge is -2.51. The zero-order valence-corrected chi connectivity index (χ0v) is 18.3. The van der Waals surface area contributed by atoms with Crippen molar-refractivity contribution in [2.75, 3.05) is 4.90 Å². The van der Waals surface area contributed by atoms with Crippen molar-refractivity contribution in [3.63, 3.8) is 0 Å². The zero-order valence-electron chi connectivity index (χ0n) is 16.7. The van der Waals surface area contributed by atoms with Crippen LogP contribution in [0.3, 0.4) is 0 Å². The van der Waals surface area contributed by atoms with Gasteiger partial charge < -0.3 is 4.79 Å². The number of aryl methyl sites for hydroxylation is 1. The third kappa shape index (κ3) is 2.12. The molecule has 0 saturated carbocycles. The molecule has 1 fully saturated rings. The fraction of sp³-hybridized carbons (Fsp3) is 0.192. The maximum absolute atomic E-state index is 13.9. The maximum Gasteiger partial charge on any atom is 0.239 e. The number of anilines is 1. The van der Waals surface area contributed by atoms with Gasteiger partial charge in [-0.2, -0.15) is 0 Å². The van der Waals surface area contributed by atoms with Crippen molar-refractivity contribution in [3.8, 4) is 0 Å². The quantitative estimate of drug-likeness (QED) is 0.408. The molecule has 5 heteroatoms. The molecule has 2 atom stereocenters. The second kappa shape index (κ2) is 6.24. The SMILES string of the molecule is Cc1ccc(N2C(=O)C3C4c5ccccc5C(C=O)(c5ccccc54)C3C2=O)c(Br)c1. The summed E-state index contributed by atoms with van der Waals surface area (Å²) in [6, 6.07) is 21.1.